The monoisotopic (exact) mass is 319 g/mol. The molecular formula is C17H18ClNO3. The number of carbonyl (C=O) groups excluding carboxylic acids is 3. The van der Waals surface area contributed by atoms with Crippen molar-refractivity contribution in [3.63, 3.8) is 0 Å². The van der Waals surface area contributed by atoms with Crippen LogP contribution in [0.5, 0.6) is 0 Å². The van der Waals surface area contributed by atoms with Crippen LogP contribution in [0.3, 0.4) is 0 Å². The summed E-state index contributed by atoms with van der Waals surface area (Å²) in [6, 6.07) is 6.49. The number of imide groups is 1. The van der Waals surface area contributed by atoms with Crippen LogP contribution in [0.15, 0.2) is 24.3 Å². The first kappa shape index (κ1) is 15.2. The lowest BCUT2D eigenvalue weighted by Crippen LogP contribution is -2.39. The van der Waals surface area contributed by atoms with Gasteiger partial charge in [0.2, 0.25) is 11.8 Å². The molecule has 2 fully saturated rings. The van der Waals surface area contributed by atoms with Crippen molar-refractivity contribution in [2.45, 2.75) is 38.5 Å². The minimum absolute atomic E-state index is 0.153. The lowest BCUT2D eigenvalue weighted by Gasteiger charge is -2.30. The summed E-state index contributed by atoms with van der Waals surface area (Å²) in [7, 11) is 0. The van der Waals surface area contributed by atoms with E-state index in [1.54, 1.807) is 24.3 Å². The lowest BCUT2D eigenvalue weighted by atomic mass is 9.73. The van der Waals surface area contributed by atoms with Gasteiger partial charge in [-0.3, -0.25) is 19.3 Å². The number of Topliss-reactive ketones (excluding diaryl/α,β-unsaturated/α-hetero) is 1. The Morgan fingerprint density at radius 1 is 1.09 bits per heavy atom. The Hall–Kier alpha value is -1.68. The van der Waals surface area contributed by atoms with Crippen LogP contribution in [-0.2, 0) is 9.59 Å². The topological polar surface area (TPSA) is 54.5 Å². The fraction of sp³-hybridized carbons (Fsp3) is 0.471. The summed E-state index contributed by atoms with van der Waals surface area (Å²) in [4.78, 5) is 38.3. The first-order valence-corrected chi connectivity index (χ1v) is 8.03. The fourth-order valence-electron chi connectivity index (χ4n) is 3.51. The highest BCUT2D eigenvalue weighted by Crippen LogP contribution is 2.45. The molecule has 1 aromatic rings. The van der Waals surface area contributed by atoms with Crippen LogP contribution in [0.25, 0.3) is 0 Å². The molecule has 0 bridgehead atoms. The number of hydrogen-bond donors (Lipinski definition) is 0. The smallest absolute Gasteiger partial charge is 0.236 e. The average molecular weight is 320 g/mol. The first-order chi connectivity index (χ1) is 10.5. The molecule has 0 N–H and O–H groups in total. The van der Waals surface area contributed by atoms with Crippen molar-refractivity contribution < 1.29 is 14.4 Å². The second-order valence-corrected chi connectivity index (χ2v) is 6.67. The van der Waals surface area contributed by atoms with Crippen LogP contribution in [0.1, 0.15) is 48.9 Å². The third-order valence-corrected chi connectivity index (χ3v) is 5.02. The molecular weight excluding hydrogens is 302 g/mol. The highest BCUT2D eigenvalue weighted by atomic mass is 35.5. The summed E-state index contributed by atoms with van der Waals surface area (Å²) in [6.07, 6.45) is 4.88. The summed E-state index contributed by atoms with van der Waals surface area (Å²) in [5, 5.41) is 0.547. The molecule has 5 heteroatoms. The number of amides is 2. The maximum absolute atomic E-state index is 12.6. The van der Waals surface area contributed by atoms with Gasteiger partial charge in [0.05, 0.1) is 12.0 Å². The van der Waals surface area contributed by atoms with Crippen LogP contribution >= 0.6 is 11.6 Å². The van der Waals surface area contributed by atoms with Gasteiger partial charge in [-0.15, -0.1) is 0 Å². The molecule has 3 rings (SSSR count). The maximum Gasteiger partial charge on any atom is 0.236 e. The number of ketones is 1. The van der Waals surface area contributed by atoms with Crippen LogP contribution in [0.4, 0.5) is 0 Å². The van der Waals surface area contributed by atoms with Gasteiger partial charge in [0.25, 0.3) is 0 Å². The van der Waals surface area contributed by atoms with Gasteiger partial charge >= 0.3 is 0 Å². The van der Waals surface area contributed by atoms with Gasteiger partial charge in [-0.25, -0.2) is 0 Å². The van der Waals surface area contributed by atoms with Crippen molar-refractivity contribution in [2.75, 3.05) is 6.54 Å². The van der Waals surface area contributed by atoms with Gasteiger partial charge in [0.15, 0.2) is 5.78 Å². The van der Waals surface area contributed by atoms with E-state index >= 15 is 0 Å². The lowest BCUT2D eigenvalue weighted by molar-refractivity contribution is -0.141. The molecule has 1 aromatic carbocycles. The predicted octanol–water partition coefficient (Wildman–Crippen LogP) is 3.23. The molecule has 0 atom stereocenters. The quantitative estimate of drug-likeness (QED) is 0.635. The van der Waals surface area contributed by atoms with Gasteiger partial charge in [-0.1, -0.05) is 30.9 Å². The molecule has 2 aliphatic rings. The molecule has 2 amide bonds. The van der Waals surface area contributed by atoms with Gasteiger partial charge < -0.3 is 0 Å². The summed E-state index contributed by atoms with van der Waals surface area (Å²) in [6.45, 7) is -0.166. The van der Waals surface area contributed by atoms with Crippen molar-refractivity contribution in [2.24, 2.45) is 5.41 Å². The summed E-state index contributed by atoms with van der Waals surface area (Å²) < 4.78 is 0. The molecule has 0 aromatic heterocycles. The molecule has 4 nitrogen and oxygen atoms in total. The third-order valence-electron chi connectivity index (χ3n) is 4.77. The van der Waals surface area contributed by atoms with Gasteiger partial charge in [-0.05, 0) is 37.1 Å². The molecule has 1 saturated heterocycles. The average Bonchev–Trinajstić information content (AvgIpc) is 2.73. The molecule has 1 heterocycles. The SMILES string of the molecule is O=C(CN1C(=O)CC2(CCCCC2)C1=O)c1ccc(Cl)cc1. The van der Waals surface area contributed by atoms with E-state index in [0.29, 0.717) is 10.6 Å². The van der Waals surface area contributed by atoms with Crippen LogP contribution in [0.2, 0.25) is 5.02 Å². The minimum Gasteiger partial charge on any atom is -0.292 e. The van der Waals surface area contributed by atoms with Crippen molar-refractivity contribution in [1.82, 2.24) is 4.90 Å². The number of benzene rings is 1. The van der Waals surface area contributed by atoms with Crippen LogP contribution in [0, 0.1) is 5.41 Å². The maximum atomic E-state index is 12.6. The van der Waals surface area contributed by atoms with E-state index in [-0.39, 0.29) is 30.6 Å². The number of halogens is 1. The molecule has 116 valence electrons. The van der Waals surface area contributed by atoms with E-state index in [4.69, 9.17) is 11.6 Å². The van der Waals surface area contributed by atoms with E-state index in [9.17, 15) is 14.4 Å². The van der Waals surface area contributed by atoms with Gasteiger partial charge in [-0.2, -0.15) is 0 Å². The molecule has 0 radical (unpaired) electrons. The Labute approximate surface area is 134 Å². The number of nitrogens with zero attached hydrogens (tertiary/aromatic N) is 1. The summed E-state index contributed by atoms with van der Waals surface area (Å²) >= 11 is 5.80. The second kappa shape index (κ2) is 5.84. The number of hydrogen-bond acceptors (Lipinski definition) is 3. The van der Waals surface area contributed by atoms with E-state index in [1.165, 1.54) is 0 Å². The van der Waals surface area contributed by atoms with E-state index in [1.807, 2.05) is 0 Å². The zero-order valence-corrected chi connectivity index (χ0v) is 13.1. The molecule has 1 saturated carbocycles. The predicted molar refractivity (Wildman–Crippen MR) is 82.6 cm³/mol. The van der Waals surface area contributed by atoms with Crippen LogP contribution in [-0.4, -0.2) is 29.0 Å². The van der Waals surface area contributed by atoms with Gasteiger partial charge in [0.1, 0.15) is 0 Å². The zero-order valence-electron chi connectivity index (χ0n) is 12.3. The number of rotatable bonds is 3. The van der Waals surface area contributed by atoms with Gasteiger partial charge in [0, 0.05) is 17.0 Å². The van der Waals surface area contributed by atoms with Crippen molar-refractivity contribution in [3.8, 4) is 0 Å². The molecule has 1 spiro atoms. The molecule has 22 heavy (non-hydrogen) atoms. The Bertz CT molecular complexity index is 617. The highest BCUT2D eigenvalue weighted by Gasteiger charge is 2.51. The normalized spacial score (nSPS) is 20.7. The Balaban J connectivity index is 1.74. The zero-order chi connectivity index (χ0) is 15.7. The molecule has 0 unspecified atom stereocenters. The van der Waals surface area contributed by atoms with E-state index in [2.05, 4.69) is 0 Å². The van der Waals surface area contributed by atoms with Crippen molar-refractivity contribution >= 4 is 29.2 Å². The highest BCUT2D eigenvalue weighted by molar-refractivity contribution is 6.30. The Kier molecular flexibility index (Phi) is 4.04. The minimum atomic E-state index is -0.532. The summed E-state index contributed by atoms with van der Waals surface area (Å²) in [5.74, 6) is -0.597. The van der Waals surface area contributed by atoms with Crippen molar-refractivity contribution in [3.05, 3.63) is 34.9 Å². The van der Waals surface area contributed by atoms with Crippen LogP contribution < -0.4 is 0 Å². The van der Waals surface area contributed by atoms with Crippen molar-refractivity contribution in [1.29, 1.82) is 0 Å². The second-order valence-electron chi connectivity index (χ2n) is 6.23. The Morgan fingerprint density at radius 2 is 1.73 bits per heavy atom. The first-order valence-electron chi connectivity index (χ1n) is 7.65. The van der Waals surface area contributed by atoms with E-state index in [0.717, 1.165) is 37.0 Å². The summed E-state index contributed by atoms with van der Waals surface area (Å²) in [5.41, 5.74) is -0.0649. The fourth-order valence-corrected chi connectivity index (χ4v) is 3.64. The number of carbonyl (C=O) groups is 3. The molecule has 1 aliphatic carbocycles. The van der Waals surface area contributed by atoms with E-state index < -0.39 is 5.41 Å². The number of likely N-dealkylation sites (tertiary alicyclic amines) is 1. The third kappa shape index (κ3) is 2.68. The largest absolute Gasteiger partial charge is 0.292 e. The standard InChI is InChI=1S/C17H18ClNO3/c18-13-6-4-12(5-7-13)14(20)11-19-15(21)10-17(16(19)22)8-2-1-3-9-17/h4-7H,1-3,8-11H2. The molecule has 1 aliphatic heterocycles. The Morgan fingerprint density at radius 3 is 2.36 bits per heavy atom.